The molecule has 0 saturated carbocycles. The Morgan fingerprint density at radius 1 is 1.20 bits per heavy atom. The van der Waals surface area contributed by atoms with E-state index in [1.54, 1.807) is 20.8 Å². The normalized spacial score (nSPS) is 17.2. The summed E-state index contributed by atoms with van der Waals surface area (Å²) in [5.41, 5.74) is 4.90. The van der Waals surface area contributed by atoms with Crippen LogP contribution in [-0.2, 0) is 20.7 Å². The summed E-state index contributed by atoms with van der Waals surface area (Å²) in [4.78, 5) is 23.8. The van der Waals surface area contributed by atoms with E-state index in [1.165, 1.54) is 18.2 Å². The molecule has 1 rings (SSSR count). The molecule has 5 N–H and O–H groups in total. The fourth-order valence-electron chi connectivity index (χ4n) is 2.44. The van der Waals surface area contributed by atoms with Gasteiger partial charge < -0.3 is 25.8 Å². The van der Waals surface area contributed by atoms with Crippen LogP contribution in [0.15, 0.2) is 18.2 Å². The van der Waals surface area contributed by atoms with Crippen molar-refractivity contribution in [2.45, 2.75) is 52.2 Å². The Morgan fingerprint density at radius 2 is 1.80 bits per heavy atom. The van der Waals surface area contributed by atoms with Gasteiger partial charge in [0.1, 0.15) is 11.6 Å². The van der Waals surface area contributed by atoms with E-state index >= 15 is 0 Å². The monoisotopic (exact) mass is 353 g/mol. The lowest BCUT2D eigenvalue weighted by atomic mass is 9.78. The molecule has 0 radical (unpaired) electrons. The van der Waals surface area contributed by atoms with E-state index in [0.29, 0.717) is 12.0 Å². The number of esters is 1. The highest BCUT2D eigenvalue weighted by atomic mass is 16.5. The van der Waals surface area contributed by atoms with Gasteiger partial charge in [-0.1, -0.05) is 26.8 Å². The number of aliphatic carboxylic acids is 1. The molecule has 0 aliphatic rings. The number of rotatable bonds is 8. The van der Waals surface area contributed by atoms with Crippen molar-refractivity contribution in [3.8, 4) is 11.5 Å². The molecule has 0 aliphatic heterocycles. The van der Waals surface area contributed by atoms with Crippen LogP contribution in [0, 0.1) is 11.8 Å². The van der Waals surface area contributed by atoms with Crippen LogP contribution in [0.3, 0.4) is 0 Å². The minimum Gasteiger partial charge on any atom is -0.504 e. The maximum absolute atomic E-state index is 12.0. The van der Waals surface area contributed by atoms with Gasteiger partial charge in [-0.2, -0.15) is 0 Å². The topological polar surface area (TPSA) is 130 Å². The van der Waals surface area contributed by atoms with E-state index in [9.17, 15) is 24.9 Å². The number of benzene rings is 1. The third-order valence-corrected chi connectivity index (χ3v) is 4.77. The number of carboxylic acid groups (broad SMARTS) is 1. The van der Waals surface area contributed by atoms with Gasteiger partial charge in [0.2, 0.25) is 0 Å². The van der Waals surface area contributed by atoms with Gasteiger partial charge in [-0.15, -0.1) is 0 Å². The van der Waals surface area contributed by atoms with Gasteiger partial charge in [0, 0.05) is 12.3 Å². The number of hydrogen-bond acceptors (Lipinski definition) is 6. The van der Waals surface area contributed by atoms with E-state index in [2.05, 4.69) is 0 Å². The second kappa shape index (κ2) is 8.20. The first-order chi connectivity index (χ1) is 11.5. The maximum Gasteiger partial charge on any atom is 0.324 e. The highest BCUT2D eigenvalue weighted by molar-refractivity contribution is 5.80. The van der Waals surface area contributed by atoms with E-state index < -0.39 is 29.5 Å². The lowest BCUT2D eigenvalue weighted by Crippen LogP contribution is -2.58. The molecule has 0 heterocycles. The zero-order valence-electron chi connectivity index (χ0n) is 15.0. The standard InChI is InChI=1S/C18H27NO6/c1-5-10(2)16(22)25-12(4)11(3)18(19,17(23)24)9-13-6-7-14(20)15(21)8-13/h6-8,10-12,20-21H,5,9,19H2,1-4H3,(H,23,24)/t10?,11-,12+,18-/m1/s1. The van der Waals surface area contributed by atoms with Crippen LogP contribution in [0.1, 0.15) is 39.7 Å². The number of carboxylic acids is 1. The average Bonchev–Trinajstić information content (AvgIpc) is 2.56. The molecule has 140 valence electrons. The Bertz CT molecular complexity index is 632. The summed E-state index contributed by atoms with van der Waals surface area (Å²) in [5, 5.41) is 28.6. The smallest absolute Gasteiger partial charge is 0.324 e. The minimum atomic E-state index is -1.71. The van der Waals surface area contributed by atoms with Crippen molar-refractivity contribution in [2.75, 3.05) is 0 Å². The Labute approximate surface area is 147 Å². The third kappa shape index (κ3) is 4.85. The van der Waals surface area contributed by atoms with Gasteiger partial charge in [0.15, 0.2) is 11.5 Å². The molecule has 0 saturated heterocycles. The number of carbonyl (C=O) groups excluding carboxylic acids is 1. The van der Waals surface area contributed by atoms with Crippen molar-refractivity contribution in [3.05, 3.63) is 23.8 Å². The number of hydrogen-bond donors (Lipinski definition) is 4. The summed E-state index contributed by atoms with van der Waals surface area (Å²) >= 11 is 0. The molecule has 0 spiro atoms. The van der Waals surface area contributed by atoms with E-state index in [-0.39, 0.29) is 23.8 Å². The fourth-order valence-corrected chi connectivity index (χ4v) is 2.44. The number of nitrogens with two attached hydrogens (primary N) is 1. The fraction of sp³-hybridized carbons (Fsp3) is 0.556. The molecular weight excluding hydrogens is 326 g/mol. The Balaban J connectivity index is 3.00. The molecule has 1 unspecified atom stereocenters. The second-order valence-corrected chi connectivity index (χ2v) is 6.59. The van der Waals surface area contributed by atoms with Crippen LogP contribution < -0.4 is 5.73 Å². The van der Waals surface area contributed by atoms with E-state index in [4.69, 9.17) is 10.5 Å². The lowest BCUT2D eigenvalue weighted by Gasteiger charge is -2.35. The largest absolute Gasteiger partial charge is 0.504 e. The summed E-state index contributed by atoms with van der Waals surface area (Å²) in [5.74, 6) is -3.25. The third-order valence-electron chi connectivity index (χ3n) is 4.77. The molecule has 1 aromatic rings. The second-order valence-electron chi connectivity index (χ2n) is 6.59. The minimum absolute atomic E-state index is 0.0947. The summed E-state index contributed by atoms with van der Waals surface area (Å²) in [6.07, 6.45) is -0.171. The molecule has 0 fully saturated rings. The highest BCUT2D eigenvalue weighted by Crippen LogP contribution is 2.30. The van der Waals surface area contributed by atoms with Crippen LogP contribution in [0.4, 0.5) is 0 Å². The van der Waals surface area contributed by atoms with E-state index in [0.717, 1.165) is 0 Å². The van der Waals surface area contributed by atoms with Crippen LogP contribution in [0.5, 0.6) is 11.5 Å². The molecule has 0 aliphatic carbocycles. The van der Waals surface area contributed by atoms with Crippen molar-refractivity contribution in [1.29, 1.82) is 0 Å². The molecule has 25 heavy (non-hydrogen) atoms. The van der Waals surface area contributed by atoms with Gasteiger partial charge in [-0.25, -0.2) is 0 Å². The van der Waals surface area contributed by atoms with Crippen LogP contribution in [0.25, 0.3) is 0 Å². The van der Waals surface area contributed by atoms with Crippen molar-refractivity contribution in [3.63, 3.8) is 0 Å². The number of aromatic hydroxyl groups is 2. The quantitative estimate of drug-likeness (QED) is 0.415. The van der Waals surface area contributed by atoms with Gasteiger partial charge in [-0.3, -0.25) is 9.59 Å². The van der Waals surface area contributed by atoms with Crippen molar-refractivity contribution >= 4 is 11.9 Å². The predicted molar refractivity (Wildman–Crippen MR) is 92.2 cm³/mol. The number of phenolic OH excluding ortho intramolecular Hbond substituents is 2. The SMILES string of the molecule is CCC(C)C(=O)O[C@@H](C)[C@@H](C)[C@](N)(Cc1ccc(O)c(O)c1)C(=O)O. The molecular formula is C18H27NO6. The van der Waals surface area contributed by atoms with Gasteiger partial charge >= 0.3 is 11.9 Å². The first-order valence-electron chi connectivity index (χ1n) is 8.26. The molecule has 7 nitrogen and oxygen atoms in total. The number of ether oxygens (including phenoxy) is 1. The molecule has 0 bridgehead atoms. The molecule has 1 aromatic carbocycles. The summed E-state index contributed by atoms with van der Waals surface area (Å²) < 4.78 is 5.37. The van der Waals surface area contributed by atoms with Crippen LogP contribution in [-0.4, -0.2) is 38.9 Å². The zero-order valence-corrected chi connectivity index (χ0v) is 15.0. The Kier molecular flexibility index (Phi) is 6.81. The van der Waals surface area contributed by atoms with Gasteiger partial charge in [0.05, 0.1) is 5.92 Å². The predicted octanol–water partition coefficient (Wildman–Crippen LogP) is 2.04. The summed E-state index contributed by atoms with van der Waals surface area (Å²) in [7, 11) is 0. The number of phenols is 2. The zero-order chi connectivity index (χ0) is 19.4. The van der Waals surface area contributed by atoms with Crippen molar-refractivity contribution < 1.29 is 29.6 Å². The van der Waals surface area contributed by atoms with Gasteiger partial charge in [-0.05, 0) is 31.0 Å². The first-order valence-corrected chi connectivity index (χ1v) is 8.26. The Morgan fingerprint density at radius 3 is 2.28 bits per heavy atom. The van der Waals surface area contributed by atoms with Crippen molar-refractivity contribution in [1.82, 2.24) is 0 Å². The summed E-state index contributed by atoms with van der Waals surface area (Å²) in [6.45, 7) is 6.83. The molecule has 0 aromatic heterocycles. The number of carbonyl (C=O) groups is 2. The lowest BCUT2D eigenvalue weighted by molar-refractivity contribution is -0.160. The average molecular weight is 353 g/mol. The maximum atomic E-state index is 12.0. The summed E-state index contributed by atoms with van der Waals surface area (Å²) in [6, 6.07) is 4.02. The van der Waals surface area contributed by atoms with Crippen LogP contribution >= 0.6 is 0 Å². The molecule has 7 heteroatoms. The van der Waals surface area contributed by atoms with Crippen LogP contribution in [0.2, 0.25) is 0 Å². The van der Waals surface area contributed by atoms with Gasteiger partial charge in [0.25, 0.3) is 0 Å². The molecule has 0 amide bonds. The highest BCUT2D eigenvalue weighted by Gasteiger charge is 2.44. The van der Waals surface area contributed by atoms with Crippen molar-refractivity contribution in [2.24, 2.45) is 17.6 Å². The Hall–Kier alpha value is -2.28. The first kappa shape index (κ1) is 20.8. The van der Waals surface area contributed by atoms with E-state index in [1.807, 2.05) is 6.92 Å². The molecule has 4 atom stereocenters.